The highest BCUT2D eigenvalue weighted by Gasteiger charge is 2.50. The number of benzene rings is 2. The highest BCUT2D eigenvalue weighted by atomic mass is 16.3. The molecular formula is C17H15NO3. The van der Waals surface area contributed by atoms with Crippen molar-refractivity contribution in [1.29, 1.82) is 0 Å². The van der Waals surface area contributed by atoms with Crippen LogP contribution in [0.5, 0.6) is 0 Å². The first kappa shape index (κ1) is 13.5. The molecule has 2 amide bonds. The highest BCUT2D eigenvalue weighted by Crippen LogP contribution is 2.38. The Balaban J connectivity index is 2.31. The maximum atomic E-state index is 12.7. The third-order valence-corrected chi connectivity index (χ3v) is 3.85. The van der Waals surface area contributed by atoms with E-state index in [0.29, 0.717) is 16.7 Å². The molecule has 2 aromatic carbocycles. The van der Waals surface area contributed by atoms with Crippen molar-refractivity contribution in [3.63, 3.8) is 0 Å². The zero-order valence-electron chi connectivity index (χ0n) is 11.6. The minimum absolute atomic E-state index is 0.223. The van der Waals surface area contributed by atoms with Gasteiger partial charge in [0.15, 0.2) is 5.60 Å². The Bertz CT molecular complexity index is 711. The monoisotopic (exact) mass is 281 g/mol. The summed E-state index contributed by atoms with van der Waals surface area (Å²) in [6.45, 7) is 1.94. The number of imide groups is 1. The Morgan fingerprint density at radius 1 is 1.00 bits per heavy atom. The fourth-order valence-corrected chi connectivity index (χ4v) is 2.78. The van der Waals surface area contributed by atoms with Gasteiger partial charge in [-0.25, -0.2) is 0 Å². The van der Waals surface area contributed by atoms with E-state index in [2.05, 4.69) is 0 Å². The summed E-state index contributed by atoms with van der Waals surface area (Å²) in [7, 11) is 0. The first-order valence-corrected chi connectivity index (χ1v) is 6.84. The summed E-state index contributed by atoms with van der Waals surface area (Å²) in [6, 6.07) is 15.4. The Hall–Kier alpha value is -2.46. The predicted molar refractivity (Wildman–Crippen MR) is 77.6 cm³/mol. The molecule has 4 heteroatoms. The van der Waals surface area contributed by atoms with Crippen molar-refractivity contribution in [3.05, 3.63) is 71.3 Å². The number of hydrogen-bond donors (Lipinski definition) is 1. The summed E-state index contributed by atoms with van der Waals surface area (Å²) in [5.74, 6) is -0.960. The largest absolute Gasteiger partial charge is 0.372 e. The Morgan fingerprint density at radius 3 is 2.29 bits per heavy atom. The molecule has 0 aromatic heterocycles. The number of carbonyl (C=O) groups excluding carboxylic acids is 2. The van der Waals surface area contributed by atoms with Gasteiger partial charge in [-0.15, -0.1) is 0 Å². The van der Waals surface area contributed by atoms with Crippen LogP contribution in [-0.2, 0) is 10.4 Å². The highest BCUT2D eigenvalue weighted by molar-refractivity contribution is 6.13. The molecule has 0 radical (unpaired) electrons. The molecule has 2 aromatic rings. The molecule has 0 spiro atoms. The van der Waals surface area contributed by atoms with Gasteiger partial charge in [-0.05, 0) is 18.6 Å². The molecule has 106 valence electrons. The van der Waals surface area contributed by atoms with E-state index in [-0.39, 0.29) is 12.5 Å². The molecule has 1 aliphatic heterocycles. The smallest absolute Gasteiger partial charge is 0.270 e. The second-order valence-electron chi connectivity index (χ2n) is 4.98. The first-order valence-electron chi connectivity index (χ1n) is 6.84. The summed E-state index contributed by atoms with van der Waals surface area (Å²) in [6.07, 6.45) is 0. The van der Waals surface area contributed by atoms with Crippen molar-refractivity contribution in [3.8, 4) is 0 Å². The fourth-order valence-electron chi connectivity index (χ4n) is 2.78. The lowest BCUT2D eigenvalue weighted by Crippen LogP contribution is -2.54. The van der Waals surface area contributed by atoms with Crippen LogP contribution in [0.4, 0.5) is 0 Å². The van der Waals surface area contributed by atoms with Gasteiger partial charge in [0, 0.05) is 17.7 Å². The number of fused-ring (bicyclic) bond motifs is 1. The third kappa shape index (κ3) is 1.80. The van der Waals surface area contributed by atoms with Crippen molar-refractivity contribution >= 4 is 11.8 Å². The van der Waals surface area contributed by atoms with Crippen LogP contribution in [0.15, 0.2) is 54.6 Å². The first-order chi connectivity index (χ1) is 10.1. The Morgan fingerprint density at radius 2 is 1.62 bits per heavy atom. The van der Waals surface area contributed by atoms with E-state index in [1.807, 2.05) is 6.07 Å². The third-order valence-electron chi connectivity index (χ3n) is 3.85. The van der Waals surface area contributed by atoms with Crippen LogP contribution in [-0.4, -0.2) is 28.4 Å². The molecule has 0 saturated heterocycles. The predicted octanol–water partition coefficient (Wildman–Crippen LogP) is 1.92. The molecule has 0 bridgehead atoms. The summed E-state index contributed by atoms with van der Waals surface area (Å²) in [4.78, 5) is 26.2. The molecule has 1 atom stereocenters. The molecule has 1 N–H and O–H groups in total. The number of carbonyl (C=O) groups is 2. The maximum absolute atomic E-state index is 12.7. The zero-order valence-corrected chi connectivity index (χ0v) is 11.6. The fraction of sp³-hybridized carbons (Fsp3) is 0.176. The van der Waals surface area contributed by atoms with E-state index in [0.717, 1.165) is 4.90 Å². The van der Waals surface area contributed by atoms with Crippen molar-refractivity contribution in [2.45, 2.75) is 12.5 Å². The van der Waals surface area contributed by atoms with E-state index in [4.69, 9.17) is 0 Å². The van der Waals surface area contributed by atoms with Crippen molar-refractivity contribution < 1.29 is 14.7 Å². The number of nitrogens with zero attached hydrogens (tertiary/aromatic N) is 1. The lowest BCUT2D eigenvalue weighted by molar-refractivity contribution is -0.146. The normalized spacial score (nSPS) is 21.3. The van der Waals surface area contributed by atoms with Crippen LogP contribution in [0.25, 0.3) is 0 Å². The summed E-state index contributed by atoms with van der Waals surface area (Å²) < 4.78 is 0. The molecule has 3 rings (SSSR count). The molecule has 1 heterocycles. The van der Waals surface area contributed by atoms with E-state index >= 15 is 0 Å². The Labute approximate surface area is 122 Å². The summed E-state index contributed by atoms with van der Waals surface area (Å²) >= 11 is 0. The number of aliphatic hydroxyl groups is 1. The van der Waals surface area contributed by atoms with Gasteiger partial charge in [0.1, 0.15) is 0 Å². The number of amides is 2. The van der Waals surface area contributed by atoms with Crippen LogP contribution in [0.2, 0.25) is 0 Å². The van der Waals surface area contributed by atoms with E-state index in [9.17, 15) is 14.7 Å². The van der Waals surface area contributed by atoms with Crippen LogP contribution in [0.1, 0.15) is 28.4 Å². The van der Waals surface area contributed by atoms with Crippen LogP contribution < -0.4 is 0 Å². The topological polar surface area (TPSA) is 57.6 Å². The van der Waals surface area contributed by atoms with Gasteiger partial charge in [0.2, 0.25) is 0 Å². The van der Waals surface area contributed by atoms with Gasteiger partial charge in [-0.1, -0.05) is 48.5 Å². The second kappa shape index (κ2) is 4.82. The quantitative estimate of drug-likeness (QED) is 0.856. The van der Waals surface area contributed by atoms with Gasteiger partial charge < -0.3 is 5.11 Å². The van der Waals surface area contributed by atoms with E-state index < -0.39 is 11.5 Å². The summed E-state index contributed by atoms with van der Waals surface area (Å²) in [5.41, 5.74) is -0.642. The van der Waals surface area contributed by atoms with Crippen LogP contribution >= 0.6 is 0 Å². The summed E-state index contributed by atoms with van der Waals surface area (Å²) in [5, 5.41) is 11.1. The average Bonchev–Trinajstić information content (AvgIpc) is 2.54. The molecular weight excluding hydrogens is 266 g/mol. The minimum Gasteiger partial charge on any atom is -0.372 e. The minimum atomic E-state index is -1.82. The molecule has 1 aliphatic rings. The van der Waals surface area contributed by atoms with E-state index in [1.165, 1.54) is 0 Å². The van der Waals surface area contributed by atoms with Gasteiger partial charge >= 0.3 is 0 Å². The second-order valence-corrected chi connectivity index (χ2v) is 4.98. The molecule has 0 aliphatic carbocycles. The lowest BCUT2D eigenvalue weighted by Gasteiger charge is -2.38. The Kier molecular flexibility index (Phi) is 3.11. The number of likely N-dealkylation sites (N-methyl/N-ethyl adjacent to an activating group) is 1. The lowest BCUT2D eigenvalue weighted by atomic mass is 9.79. The molecule has 0 saturated carbocycles. The van der Waals surface area contributed by atoms with Crippen molar-refractivity contribution in [2.75, 3.05) is 6.54 Å². The van der Waals surface area contributed by atoms with Crippen LogP contribution in [0, 0.1) is 0 Å². The van der Waals surface area contributed by atoms with Gasteiger partial charge in [-0.3, -0.25) is 14.5 Å². The van der Waals surface area contributed by atoms with Crippen LogP contribution in [0.3, 0.4) is 0 Å². The molecule has 21 heavy (non-hydrogen) atoms. The zero-order chi connectivity index (χ0) is 15.0. The van der Waals surface area contributed by atoms with Crippen molar-refractivity contribution in [1.82, 2.24) is 4.90 Å². The van der Waals surface area contributed by atoms with Gasteiger partial charge in [0.25, 0.3) is 11.8 Å². The molecule has 4 nitrogen and oxygen atoms in total. The van der Waals surface area contributed by atoms with Gasteiger partial charge in [0.05, 0.1) is 0 Å². The maximum Gasteiger partial charge on any atom is 0.270 e. The molecule has 1 unspecified atom stereocenters. The number of rotatable bonds is 2. The standard InChI is InChI=1S/C17H15NO3/c1-2-18-15(19)13-10-6-7-11-14(13)17(21,16(18)20)12-8-4-3-5-9-12/h3-11,21H,2H2,1H3. The van der Waals surface area contributed by atoms with Gasteiger partial charge in [-0.2, -0.15) is 0 Å². The molecule has 0 fully saturated rings. The number of hydrogen-bond acceptors (Lipinski definition) is 3. The van der Waals surface area contributed by atoms with E-state index in [1.54, 1.807) is 55.5 Å². The van der Waals surface area contributed by atoms with Crippen molar-refractivity contribution in [2.24, 2.45) is 0 Å². The SMILES string of the molecule is CCN1C(=O)c2ccccc2C(O)(c2ccccc2)C1=O. The average molecular weight is 281 g/mol.